The molecule has 0 aromatic heterocycles. The lowest BCUT2D eigenvalue weighted by Gasteiger charge is -2.26. The van der Waals surface area contributed by atoms with Crippen molar-refractivity contribution in [2.45, 2.75) is 11.9 Å². The standard InChI is InChI=1S/C12H15F3OS/c13-12(14,15)11-3-1-2-10(8-11)9-17-6-4-16-5-7-17/h1-3,8,17H,4-7,9H2. The Bertz CT molecular complexity index is 372. The molecule has 1 saturated heterocycles. The molecule has 0 radical (unpaired) electrons. The topological polar surface area (TPSA) is 9.23 Å². The van der Waals surface area contributed by atoms with Crippen molar-refractivity contribution in [3.05, 3.63) is 35.4 Å². The van der Waals surface area contributed by atoms with Gasteiger partial charge in [-0.3, -0.25) is 0 Å². The van der Waals surface area contributed by atoms with Gasteiger partial charge >= 0.3 is 6.18 Å². The molecule has 17 heavy (non-hydrogen) atoms. The van der Waals surface area contributed by atoms with E-state index in [1.807, 2.05) is 0 Å². The third kappa shape index (κ3) is 3.64. The quantitative estimate of drug-likeness (QED) is 0.807. The average Bonchev–Trinajstić information content (AvgIpc) is 2.29. The summed E-state index contributed by atoms with van der Waals surface area (Å²) in [7, 11) is -0.189. The second-order valence-corrected chi connectivity index (χ2v) is 6.64. The smallest absolute Gasteiger partial charge is 0.380 e. The molecular weight excluding hydrogens is 249 g/mol. The molecule has 1 fully saturated rings. The molecule has 5 heteroatoms. The summed E-state index contributed by atoms with van der Waals surface area (Å²) in [4.78, 5) is 0. The normalized spacial score (nSPS) is 19.4. The van der Waals surface area contributed by atoms with Crippen molar-refractivity contribution in [3.8, 4) is 0 Å². The molecule has 0 N–H and O–H groups in total. The first-order valence-corrected chi connectivity index (χ1v) is 7.42. The van der Waals surface area contributed by atoms with Gasteiger partial charge in [-0.2, -0.15) is 13.2 Å². The molecule has 0 atom stereocenters. The molecule has 1 nitrogen and oxygen atoms in total. The van der Waals surface area contributed by atoms with Gasteiger partial charge in [0.25, 0.3) is 0 Å². The number of hydrogen-bond donors (Lipinski definition) is 1. The predicted molar refractivity (Wildman–Crippen MR) is 64.7 cm³/mol. The Morgan fingerprint density at radius 2 is 1.88 bits per heavy atom. The van der Waals surface area contributed by atoms with Crippen LogP contribution in [0.3, 0.4) is 0 Å². The zero-order valence-corrected chi connectivity index (χ0v) is 10.2. The van der Waals surface area contributed by atoms with Gasteiger partial charge in [0.05, 0.1) is 18.8 Å². The molecule has 1 aromatic carbocycles. The van der Waals surface area contributed by atoms with Crippen LogP contribution in [-0.2, 0) is 16.7 Å². The van der Waals surface area contributed by atoms with Crippen LogP contribution in [0.2, 0.25) is 0 Å². The van der Waals surface area contributed by atoms with E-state index in [1.54, 1.807) is 6.07 Å². The van der Waals surface area contributed by atoms with Gasteiger partial charge < -0.3 is 4.74 Å². The number of hydrogen-bond acceptors (Lipinski definition) is 1. The largest absolute Gasteiger partial charge is 0.416 e. The first kappa shape index (κ1) is 12.8. The lowest BCUT2D eigenvalue weighted by molar-refractivity contribution is -0.137. The number of thiol groups is 1. The van der Waals surface area contributed by atoms with E-state index >= 15 is 0 Å². The molecule has 0 amide bonds. The van der Waals surface area contributed by atoms with Crippen molar-refractivity contribution in [1.29, 1.82) is 0 Å². The third-order valence-electron chi connectivity index (χ3n) is 2.76. The van der Waals surface area contributed by atoms with Crippen LogP contribution in [0.1, 0.15) is 11.1 Å². The highest BCUT2D eigenvalue weighted by Crippen LogP contribution is 2.34. The highest BCUT2D eigenvalue weighted by molar-refractivity contribution is 8.16. The molecular formula is C12H15F3OS. The van der Waals surface area contributed by atoms with Gasteiger partial charge in [0.15, 0.2) is 0 Å². The number of ether oxygens (including phenoxy) is 1. The van der Waals surface area contributed by atoms with E-state index < -0.39 is 11.7 Å². The Morgan fingerprint density at radius 3 is 2.53 bits per heavy atom. The summed E-state index contributed by atoms with van der Waals surface area (Å²) in [5, 5.41) is 0. The maximum absolute atomic E-state index is 12.5. The third-order valence-corrected chi connectivity index (χ3v) is 5.21. The fraction of sp³-hybridized carbons (Fsp3) is 0.500. The van der Waals surface area contributed by atoms with Gasteiger partial charge in [-0.25, -0.2) is 10.9 Å². The maximum atomic E-state index is 12.5. The minimum atomic E-state index is -4.24. The molecule has 0 unspecified atom stereocenters. The van der Waals surface area contributed by atoms with E-state index in [0.717, 1.165) is 42.1 Å². The summed E-state index contributed by atoms with van der Waals surface area (Å²) >= 11 is 0. The zero-order chi connectivity index (χ0) is 12.3. The highest BCUT2D eigenvalue weighted by Gasteiger charge is 2.30. The molecule has 1 aromatic rings. The van der Waals surface area contributed by atoms with Crippen LogP contribution in [0, 0.1) is 0 Å². The monoisotopic (exact) mass is 264 g/mol. The number of halogens is 3. The van der Waals surface area contributed by atoms with E-state index in [0.29, 0.717) is 0 Å². The van der Waals surface area contributed by atoms with Crippen LogP contribution in [0.25, 0.3) is 0 Å². The van der Waals surface area contributed by atoms with E-state index in [4.69, 9.17) is 4.74 Å². The molecule has 0 bridgehead atoms. The summed E-state index contributed by atoms with van der Waals surface area (Å²) in [6, 6.07) is 5.68. The number of benzene rings is 1. The molecule has 0 saturated carbocycles. The fourth-order valence-corrected chi connectivity index (χ4v) is 3.89. The maximum Gasteiger partial charge on any atom is 0.416 e. The van der Waals surface area contributed by atoms with E-state index in [-0.39, 0.29) is 10.9 Å². The summed E-state index contributed by atoms with van der Waals surface area (Å²) in [5.74, 6) is 2.79. The number of alkyl halides is 3. The highest BCUT2D eigenvalue weighted by atomic mass is 32.2. The predicted octanol–water partition coefficient (Wildman–Crippen LogP) is 3.24. The second kappa shape index (κ2) is 5.31. The molecule has 0 spiro atoms. The van der Waals surface area contributed by atoms with E-state index in [1.165, 1.54) is 12.1 Å². The second-order valence-electron chi connectivity index (χ2n) is 4.09. The van der Waals surface area contributed by atoms with Crippen LogP contribution in [0.5, 0.6) is 0 Å². The van der Waals surface area contributed by atoms with Gasteiger partial charge in [0, 0.05) is 5.75 Å². The fourth-order valence-electron chi connectivity index (χ4n) is 1.86. The van der Waals surface area contributed by atoms with Crippen LogP contribution >= 0.6 is 10.9 Å². The van der Waals surface area contributed by atoms with Gasteiger partial charge in [-0.05, 0) is 23.1 Å². The van der Waals surface area contributed by atoms with E-state index in [2.05, 4.69) is 0 Å². The average molecular weight is 264 g/mol. The minimum Gasteiger partial charge on any atom is -0.380 e. The SMILES string of the molecule is FC(F)(F)c1cccc(C[SH]2CCOCC2)c1. The van der Waals surface area contributed by atoms with Gasteiger partial charge in [-0.15, -0.1) is 0 Å². The molecule has 2 rings (SSSR count). The van der Waals surface area contributed by atoms with Crippen molar-refractivity contribution >= 4 is 10.9 Å². The van der Waals surface area contributed by atoms with Crippen molar-refractivity contribution < 1.29 is 17.9 Å². The molecule has 1 heterocycles. The van der Waals surface area contributed by atoms with E-state index in [9.17, 15) is 13.2 Å². The summed E-state index contributed by atoms with van der Waals surface area (Å²) in [6.07, 6.45) is -4.24. The van der Waals surface area contributed by atoms with Crippen LogP contribution in [-0.4, -0.2) is 24.7 Å². The lowest BCUT2D eigenvalue weighted by atomic mass is 10.1. The summed E-state index contributed by atoms with van der Waals surface area (Å²) < 4.78 is 42.8. The Balaban J connectivity index is 2.05. The molecule has 0 aliphatic carbocycles. The summed E-state index contributed by atoms with van der Waals surface area (Å²) in [5.41, 5.74) is 0.256. The first-order chi connectivity index (χ1) is 8.05. The zero-order valence-electron chi connectivity index (χ0n) is 9.33. The lowest BCUT2D eigenvalue weighted by Crippen LogP contribution is -2.16. The van der Waals surface area contributed by atoms with Crippen LogP contribution < -0.4 is 0 Å². The Kier molecular flexibility index (Phi) is 3.99. The van der Waals surface area contributed by atoms with Gasteiger partial charge in [0.1, 0.15) is 0 Å². The van der Waals surface area contributed by atoms with Crippen molar-refractivity contribution in [2.75, 3.05) is 24.7 Å². The molecule has 96 valence electrons. The first-order valence-electron chi connectivity index (χ1n) is 5.52. The molecule has 1 aliphatic rings. The van der Waals surface area contributed by atoms with Crippen LogP contribution in [0.4, 0.5) is 13.2 Å². The van der Waals surface area contributed by atoms with Crippen LogP contribution in [0.15, 0.2) is 24.3 Å². The Labute approximate surface area is 101 Å². The Morgan fingerprint density at radius 1 is 1.18 bits per heavy atom. The van der Waals surface area contributed by atoms with Gasteiger partial charge in [-0.1, -0.05) is 18.2 Å². The Hall–Kier alpha value is -0.680. The van der Waals surface area contributed by atoms with Gasteiger partial charge in [0.2, 0.25) is 0 Å². The molecule has 1 aliphatic heterocycles. The van der Waals surface area contributed by atoms with Crippen molar-refractivity contribution in [3.63, 3.8) is 0 Å². The minimum absolute atomic E-state index is 0.189. The van der Waals surface area contributed by atoms with Crippen molar-refractivity contribution in [1.82, 2.24) is 0 Å². The summed E-state index contributed by atoms with van der Waals surface area (Å²) in [6.45, 7) is 1.51. The number of rotatable bonds is 2. The van der Waals surface area contributed by atoms with Crippen molar-refractivity contribution in [2.24, 2.45) is 0 Å².